The lowest BCUT2D eigenvalue weighted by atomic mass is 9.85. The van der Waals surface area contributed by atoms with Crippen LogP contribution in [0.1, 0.15) is 27.7 Å². The molecule has 0 atom stereocenters. The molecule has 196 valence electrons. The van der Waals surface area contributed by atoms with E-state index < -0.39 is 0 Å². The van der Waals surface area contributed by atoms with Crippen LogP contribution in [0.4, 0.5) is 0 Å². The molecule has 0 saturated heterocycles. The van der Waals surface area contributed by atoms with Gasteiger partial charge in [0.25, 0.3) is 0 Å². The Balaban J connectivity index is 1.41. The first-order valence-corrected chi connectivity index (χ1v) is 15.1. The van der Waals surface area contributed by atoms with Gasteiger partial charge in [-0.2, -0.15) is 0 Å². The van der Waals surface area contributed by atoms with Crippen molar-refractivity contribution in [2.75, 3.05) is 0 Å². The van der Waals surface area contributed by atoms with Crippen molar-refractivity contribution in [2.24, 2.45) is 0 Å². The second kappa shape index (κ2) is 9.03. The molecule has 0 spiro atoms. The van der Waals surface area contributed by atoms with E-state index >= 15 is 0 Å². The third-order valence-corrected chi connectivity index (χ3v) is 9.66. The summed E-state index contributed by atoms with van der Waals surface area (Å²) >= 11 is 1.89. The molecular formula is C40H30S. The molecule has 7 aromatic carbocycles. The number of thiophene rings is 1. The van der Waals surface area contributed by atoms with Crippen molar-refractivity contribution < 1.29 is 1.37 Å². The van der Waals surface area contributed by atoms with E-state index in [2.05, 4.69) is 130 Å². The zero-order chi connectivity index (χ0) is 28.6. The van der Waals surface area contributed by atoms with Gasteiger partial charge in [0.15, 0.2) is 0 Å². The van der Waals surface area contributed by atoms with Crippen LogP contribution in [-0.4, -0.2) is 0 Å². The summed E-state index contributed by atoms with van der Waals surface area (Å²) in [5.74, 6) is 0. The summed E-state index contributed by atoms with van der Waals surface area (Å²) in [6.45, 7) is 6.85. The van der Waals surface area contributed by atoms with E-state index in [1.807, 2.05) is 23.5 Å². The molecule has 1 aromatic heterocycles. The van der Waals surface area contributed by atoms with Gasteiger partial charge in [0, 0.05) is 20.2 Å². The Labute approximate surface area is 245 Å². The number of benzene rings is 7. The molecule has 8 aromatic rings. The first-order chi connectivity index (χ1) is 20.3. The number of rotatable bonds is 2. The van der Waals surface area contributed by atoms with Gasteiger partial charge in [-0.1, -0.05) is 124 Å². The fourth-order valence-corrected chi connectivity index (χ4v) is 7.56. The van der Waals surface area contributed by atoms with Crippen LogP contribution in [0, 0.1) is 0 Å². The van der Waals surface area contributed by atoms with E-state index in [0.717, 1.165) is 10.8 Å². The molecule has 8 rings (SSSR count). The van der Waals surface area contributed by atoms with Crippen LogP contribution >= 0.6 is 11.3 Å². The second-order valence-corrected chi connectivity index (χ2v) is 13.2. The van der Waals surface area contributed by atoms with Gasteiger partial charge >= 0.3 is 0 Å². The largest absolute Gasteiger partial charge is 0.135 e. The minimum Gasteiger partial charge on any atom is -0.135 e. The van der Waals surface area contributed by atoms with E-state index in [0.29, 0.717) is 6.04 Å². The van der Waals surface area contributed by atoms with Gasteiger partial charge in [-0.25, -0.2) is 0 Å². The Morgan fingerprint density at radius 1 is 0.488 bits per heavy atom. The summed E-state index contributed by atoms with van der Waals surface area (Å²) in [7, 11) is 0. The van der Waals surface area contributed by atoms with Gasteiger partial charge in [-0.05, 0) is 89.8 Å². The summed E-state index contributed by atoms with van der Waals surface area (Å²) in [6.07, 6.45) is 0. The highest BCUT2D eigenvalue weighted by atomic mass is 32.1. The van der Waals surface area contributed by atoms with Crippen LogP contribution < -0.4 is 0 Å². The summed E-state index contributed by atoms with van der Waals surface area (Å²) in [5.41, 5.74) is 6.51. The van der Waals surface area contributed by atoms with E-state index in [-0.39, 0.29) is 5.41 Å². The van der Waals surface area contributed by atoms with Gasteiger partial charge in [0.2, 0.25) is 0 Å². The minimum absolute atomic E-state index is 0.130. The lowest BCUT2D eigenvalue weighted by Gasteiger charge is -2.19. The Bertz CT molecular complexity index is 2290. The number of hydrogen-bond donors (Lipinski definition) is 0. The van der Waals surface area contributed by atoms with Gasteiger partial charge in [0.05, 0.1) is 1.37 Å². The lowest BCUT2D eigenvalue weighted by Crippen LogP contribution is -2.10. The highest BCUT2D eigenvalue weighted by Crippen LogP contribution is 2.46. The van der Waals surface area contributed by atoms with Crippen LogP contribution in [0.25, 0.3) is 74.7 Å². The van der Waals surface area contributed by atoms with Crippen LogP contribution in [-0.2, 0) is 5.41 Å². The Morgan fingerprint density at radius 2 is 1.12 bits per heavy atom. The van der Waals surface area contributed by atoms with E-state index in [1.165, 1.54) is 69.5 Å². The average molecular weight is 544 g/mol. The molecule has 0 amide bonds. The smallest absolute Gasteiger partial charge is 0.0623 e. The normalized spacial score (nSPS) is 12.6. The summed E-state index contributed by atoms with van der Waals surface area (Å²) in [4.78, 5) is 0. The maximum atomic E-state index is 8.03. The van der Waals surface area contributed by atoms with Crippen LogP contribution in [0.15, 0.2) is 127 Å². The summed E-state index contributed by atoms with van der Waals surface area (Å²) in [6, 6.07) is 44.8. The van der Waals surface area contributed by atoms with E-state index in [1.54, 1.807) is 0 Å². The lowest BCUT2D eigenvalue weighted by molar-refractivity contribution is 0.591. The quantitative estimate of drug-likeness (QED) is 0.190. The molecule has 0 unspecified atom stereocenters. The number of hydrogen-bond acceptors (Lipinski definition) is 1. The standard InChI is InChI=1S/C40H30S/c1-40(2,3)29-19-20-30-35-23-28(18-21-36(35)41-37(30)24-29)39-33-14-8-6-12-31(33)38(32-13-7-9-15-34(32)39)27-17-16-25-10-4-5-11-26(25)22-27/h4-24H,1-3H3/i4D. The van der Waals surface area contributed by atoms with E-state index in [4.69, 9.17) is 1.37 Å². The zero-order valence-corrected chi connectivity index (χ0v) is 24.3. The minimum atomic E-state index is 0.130. The topological polar surface area (TPSA) is 0 Å². The predicted octanol–water partition coefficient (Wildman–Crippen LogP) is 12.1. The molecule has 0 N–H and O–H groups in total. The summed E-state index contributed by atoms with van der Waals surface area (Å²) < 4.78 is 10.7. The third kappa shape index (κ3) is 3.88. The molecule has 1 heterocycles. The molecule has 0 aliphatic heterocycles. The van der Waals surface area contributed by atoms with Crippen LogP contribution in [0.3, 0.4) is 0 Å². The molecule has 0 radical (unpaired) electrons. The Kier molecular flexibility index (Phi) is 5.12. The predicted molar refractivity (Wildman–Crippen MR) is 181 cm³/mol. The molecule has 0 saturated carbocycles. The average Bonchev–Trinajstić information content (AvgIpc) is 3.36. The first-order valence-electron chi connectivity index (χ1n) is 14.8. The summed E-state index contributed by atoms with van der Waals surface area (Å²) in [5, 5.41) is 9.96. The third-order valence-electron chi connectivity index (χ3n) is 8.53. The zero-order valence-electron chi connectivity index (χ0n) is 24.5. The van der Waals surface area contributed by atoms with Gasteiger partial charge in [-0.3, -0.25) is 0 Å². The molecule has 41 heavy (non-hydrogen) atoms. The second-order valence-electron chi connectivity index (χ2n) is 12.1. The van der Waals surface area contributed by atoms with Crippen molar-refractivity contribution in [2.45, 2.75) is 26.2 Å². The van der Waals surface area contributed by atoms with E-state index in [9.17, 15) is 0 Å². The molecule has 0 bridgehead atoms. The SMILES string of the molecule is [2H]c1ccc2cc(-c3c4ccccc4c(-c4ccc5sc6cc(C(C)(C)C)ccc6c5c4)c4ccccc34)ccc2c1. The molecule has 0 fully saturated rings. The molecular weight excluding hydrogens is 513 g/mol. The van der Waals surface area contributed by atoms with Gasteiger partial charge < -0.3 is 0 Å². The Hall–Kier alpha value is -4.46. The molecule has 0 nitrogen and oxygen atoms in total. The first kappa shape index (κ1) is 23.3. The molecule has 0 aliphatic rings. The van der Waals surface area contributed by atoms with Crippen LogP contribution in [0.2, 0.25) is 0 Å². The van der Waals surface area contributed by atoms with Crippen molar-refractivity contribution in [3.63, 3.8) is 0 Å². The Morgan fingerprint density at radius 3 is 1.78 bits per heavy atom. The fraction of sp³-hybridized carbons (Fsp3) is 0.100. The molecule has 0 aliphatic carbocycles. The van der Waals surface area contributed by atoms with Crippen molar-refractivity contribution >= 4 is 63.8 Å². The number of fused-ring (bicyclic) bond motifs is 6. The van der Waals surface area contributed by atoms with Crippen molar-refractivity contribution in [1.82, 2.24) is 0 Å². The fourth-order valence-electron chi connectivity index (χ4n) is 6.43. The highest BCUT2D eigenvalue weighted by molar-refractivity contribution is 7.25. The highest BCUT2D eigenvalue weighted by Gasteiger charge is 2.19. The molecule has 1 heteroatoms. The van der Waals surface area contributed by atoms with Gasteiger partial charge in [-0.15, -0.1) is 11.3 Å². The van der Waals surface area contributed by atoms with Crippen molar-refractivity contribution in [3.8, 4) is 22.3 Å². The van der Waals surface area contributed by atoms with Gasteiger partial charge in [0.1, 0.15) is 0 Å². The maximum Gasteiger partial charge on any atom is 0.0623 e. The maximum absolute atomic E-state index is 8.03. The monoisotopic (exact) mass is 543 g/mol. The van der Waals surface area contributed by atoms with Crippen molar-refractivity contribution in [3.05, 3.63) is 133 Å². The van der Waals surface area contributed by atoms with Crippen LogP contribution in [0.5, 0.6) is 0 Å². The van der Waals surface area contributed by atoms with Crippen molar-refractivity contribution in [1.29, 1.82) is 0 Å².